The maximum atomic E-state index is 12.8. The predicted octanol–water partition coefficient (Wildman–Crippen LogP) is 1.35. The van der Waals surface area contributed by atoms with Crippen LogP contribution in [0.5, 0.6) is 0 Å². The van der Waals surface area contributed by atoms with E-state index in [0.717, 1.165) is 5.56 Å². The van der Waals surface area contributed by atoms with Gasteiger partial charge in [0.1, 0.15) is 17.2 Å². The number of carbonyl (C=O) groups excluding carboxylic acids is 1. The van der Waals surface area contributed by atoms with Crippen molar-refractivity contribution in [3.63, 3.8) is 0 Å². The van der Waals surface area contributed by atoms with Gasteiger partial charge < -0.3 is 11.1 Å². The molecule has 0 radical (unpaired) electrons. The van der Waals surface area contributed by atoms with Crippen LogP contribution in [0.4, 0.5) is 10.1 Å². The summed E-state index contributed by atoms with van der Waals surface area (Å²) in [7, 11) is 0. The van der Waals surface area contributed by atoms with Crippen LogP contribution in [0.2, 0.25) is 0 Å². The largest absolute Gasteiger partial charge is 0.393 e. The number of nitrogens with zero attached hydrogens (tertiary/aromatic N) is 2. The van der Waals surface area contributed by atoms with E-state index < -0.39 is 5.56 Å². The number of nitrogens with one attached hydrogen (secondary N) is 1. The molecule has 2 aromatic heterocycles. The van der Waals surface area contributed by atoms with Gasteiger partial charge in [-0.1, -0.05) is 12.1 Å². The van der Waals surface area contributed by atoms with E-state index in [-0.39, 0.29) is 24.0 Å². The Hall–Kier alpha value is -3.22. The summed E-state index contributed by atoms with van der Waals surface area (Å²) in [6.07, 6.45) is 2.67. The van der Waals surface area contributed by atoms with Crippen LogP contribution >= 0.6 is 0 Å². The number of nitrogen functional groups attached to an aromatic ring is 1. The van der Waals surface area contributed by atoms with Crippen molar-refractivity contribution in [2.45, 2.75) is 6.54 Å². The highest BCUT2D eigenvalue weighted by Crippen LogP contribution is 2.06. The monoisotopic (exact) mass is 312 g/mol. The van der Waals surface area contributed by atoms with E-state index in [9.17, 15) is 14.0 Å². The minimum absolute atomic E-state index is 0.00590. The summed E-state index contributed by atoms with van der Waals surface area (Å²) in [5, 5.41) is 2.71. The second-order valence-electron chi connectivity index (χ2n) is 4.97. The van der Waals surface area contributed by atoms with Gasteiger partial charge >= 0.3 is 0 Å². The van der Waals surface area contributed by atoms with Crippen molar-refractivity contribution < 1.29 is 9.18 Å². The van der Waals surface area contributed by atoms with Gasteiger partial charge in [0.2, 0.25) is 0 Å². The molecule has 0 aliphatic rings. The molecular formula is C16H13FN4O2. The Balaban J connectivity index is 1.82. The molecule has 0 atom stereocenters. The van der Waals surface area contributed by atoms with E-state index in [2.05, 4.69) is 10.3 Å². The first-order chi connectivity index (χ1) is 11.0. The molecule has 3 N–H and O–H groups in total. The number of hydrogen-bond donors (Lipinski definition) is 2. The van der Waals surface area contributed by atoms with E-state index in [1.54, 1.807) is 24.3 Å². The average molecular weight is 312 g/mol. The molecule has 0 aliphatic carbocycles. The highest BCUT2D eigenvalue weighted by Gasteiger charge is 2.08. The van der Waals surface area contributed by atoms with Crippen molar-refractivity contribution in [3.8, 4) is 0 Å². The number of halogens is 1. The molecule has 0 spiro atoms. The van der Waals surface area contributed by atoms with Gasteiger partial charge in [-0.15, -0.1) is 0 Å². The Morgan fingerprint density at radius 1 is 1.22 bits per heavy atom. The van der Waals surface area contributed by atoms with Gasteiger partial charge in [-0.3, -0.25) is 14.0 Å². The summed E-state index contributed by atoms with van der Waals surface area (Å²) in [5.41, 5.74) is 6.58. The highest BCUT2D eigenvalue weighted by atomic mass is 19.1. The lowest BCUT2D eigenvalue weighted by molar-refractivity contribution is 0.0950. The quantitative estimate of drug-likeness (QED) is 0.764. The molecule has 23 heavy (non-hydrogen) atoms. The van der Waals surface area contributed by atoms with Crippen LogP contribution < -0.4 is 16.6 Å². The molecule has 0 bridgehead atoms. The Labute approximate surface area is 130 Å². The lowest BCUT2D eigenvalue weighted by Gasteiger charge is -2.07. The maximum Gasteiger partial charge on any atom is 0.281 e. The zero-order valence-corrected chi connectivity index (χ0v) is 12.0. The van der Waals surface area contributed by atoms with Crippen LogP contribution in [0.1, 0.15) is 15.9 Å². The summed E-state index contributed by atoms with van der Waals surface area (Å²) >= 11 is 0. The minimum atomic E-state index is -0.428. The van der Waals surface area contributed by atoms with E-state index >= 15 is 0 Å². The van der Waals surface area contributed by atoms with Crippen LogP contribution in [0.25, 0.3) is 5.65 Å². The van der Waals surface area contributed by atoms with E-state index in [0.29, 0.717) is 11.2 Å². The van der Waals surface area contributed by atoms with Gasteiger partial charge in [-0.05, 0) is 29.8 Å². The number of nitrogens with two attached hydrogens (primary N) is 1. The predicted molar refractivity (Wildman–Crippen MR) is 83.4 cm³/mol. The molecule has 3 rings (SSSR count). The fourth-order valence-corrected chi connectivity index (χ4v) is 2.11. The number of hydrogen-bond acceptors (Lipinski definition) is 4. The van der Waals surface area contributed by atoms with E-state index in [1.165, 1.54) is 28.9 Å². The molecule has 3 aromatic rings. The molecule has 0 saturated carbocycles. The summed E-state index contributed by atoms with van der Waals surface area (Å²) < 4.78 is 14.1. The minimum Gasteiger partial charge on any atom is -0.393 e. The van der Waals surface area contributed by atoms with Gasteiger partial charge in [-0.2, -0.15) is 0 Å². The molecule has 0 fully saturated rings. The van der Waals surface area contributed by atoms with Gasteiger partial charge in [0.15, 0.2) is 0 Å². The molecule has 0 unspecified atom stereocenters. The summed E-state index contributed by atoms with van der Waals surface area (Å²) in [5.74, 6) is -0.690. The van der Waals surface area contributed by atoms with Gasteiger partial charge in [0.25, 0.3) is 11.5 Å². The molecule has 2 heterocycles. The van der Waals surface area contributed by atoms with E-state index in [1.807, 2.05) is 0 Å². The van der Waals surface area contributed by atoms with Crippen LogP contribution in [-0.4, -0.2) is 15.3 Å². The highest BCUT2D eigenvalue weighted by molar-refractivity contribution is 5.94. The molecule has 6 nitrogen and oxygen atoms in total. The topological polar surface area (TPSA) is 89.5 Å². The zero-order chi connectivity index (χ0) is 16.4. The second-order valence-corrected chi connectivity index (χ2v) is 4.97. The van der Waals surface area contributed by atoms with Crippen molar-refractivity contribution >= 4 is 17.2 Å². The first kappa shape index (κ1) is 14.7. The number of benzene rings is 1. The number of rotatable bonds is 3. The summed E-state index contributed by atoms with van der Waals surface area (Å²) in [4.78, 5) is 28.1. The summed E-state index contributed by atoms with van der Waals surface area (Å²) in [6, 6.07) is 8.96. The maximum absolute atomic E-state index is 12.8. The van der Waals surface area contributed by atoms with Crippen molar-refractivity contribution in [1.29, 1.82) is 0 Å². The number of amides is 1. The number of anilines is 1. The third-order valence-electron chi connectivity index (χ3n) is 3.36. The second kappa shape index (κ2) is 5.88. The third kappa shape index (κ3) is 3.03. The van der Waals surface area contributed by atoms with Gasteiger partial charge in [0, 0.05) is 12.7 Å². The lowest BCUT2D eigenvalue weighted by Crippen LogP contribution is -2.25. The molecular weight excluding hydrogens is 299 g/mol. The Morgan fingerprint density at radius 3 is 2.70 bits per heavy atom. The lowest BCUT2D eigenvalue weighted by atomic mass is 10.2. The Bertz CT molecular complexity index is 935. The molecule has 7 heteroatoms. The molecule has 0 saturated heterocycles. The van der Waals surface area contributed by atoms with Crippen molar-refractivity contribution in [1.82, 2.24) is 14.7 Å². The first-order valence-electron chi connectivity index (χ1n) is 6.84. The number of fused-ring (bicyclic) bond motifs is 1. The van der Waals surface area contributed by atoms with Crippen LogP contribution in [0.3, 0.4) is 0 Å². The SMILES string of the molecule is Nc1cnc2ccc(C(=O)NCc3ccc(F)cc3)cn2c1=O. The number of carbonyl (C=O) groups is 1. The molecule has 1 aromatic carbocycles. The van der Waals surface area contributed by atoms with Gasteiger partial charge in [-0.25, -0.2) is 9.37 Å². The normalized spacial score (nSPS) is 10.7. The zero-order valence-electron chi connectivity index (χ0n) is 12.0. The number of pyridine rings is 1. The number of aromatic nitrogens is 2. The van der Waals surface area contributed by atoms with E-state index in [4.69, 9.17) is 5.73 Å². The standard InChI is InChI=1S/C16H13FN4O2/c17-12-4-1-10(2-5-12)7-20-15(22)11-3-6-14-19-8-13(18)16(23)21(14)9-11/h1-6,8-9H,7,18H2,(H,20,22). The van der Waals surface area contributed by atoms with Crippen LogP contribution in [-0.2, 0) is 6.54 Å². The van der Waals surface area contributed by atoms with Crippen molar-refractivity contribution in [3.05, 3.63) is 76.1 Å². The average Bonchev–Trinajstić information content (AvgIpc) is 2.57. The summed E-state index contributed by atoms with van der Waals surface area (Å²) in [6.45, 7) is 0.251. The van der Waals surface area contributed by atoms with Crippen LogP contribution in [0, 0.1) is 5.82 Å². The fourth-order valence-electron chi connectivity index (χ4n) is 2.11. The van der Waals surface area contributed by atoms with Crippen LogP contribution in [0.15, 0.2) is 53.6 Å². The Kier molecular flexibility index (Phi) is 3.76. The first-order valence-corrected chi connectivity index (χ1v) is 6.84. The Morgan fingerprint density at radius 2 is 1.96 bits per heavy atom. The smallest absolute Gasteiger partial charge is 0.281 e. The third-order valence-corrected chi connectivity index (χ3v) is 3.36. The fraction of sp³-hybridized carbons (Fsp3) is 0.0625. The molecule has 116 valence electrons. The molecule has 0 aliphatic heterocycles. The van der Waals surface area contributed by atoms with Gasteiger partial charge in [0.05, 0.1) is 11.8 Å². The molecule has 1 amide bonds. The van der Waals surface area contributed by atoms with Crippen molar-refractivity contribution in [2.75, 3.05) is 5.73 Å². The van der Waals surface area contributed by atoms with Crippen molar-refractivity contribution in [2.24, 2.45) is 0 Å².